The minimum Gasteiger partial charge on any atom is -0.288 e. The lowest BCUT2D eigenvalue weighted by atomic mass is 10.1. The van der Waals surface area contributed by atoms with Gasteiger partial charge in [-0.25, -0.2) is 8.42 Å². The number of rotatable bonds is 15. The van der Waals surface area contributed by atoms with E-state index in [2.05, 4.69) is 6.92 Å². The van der Waals surface area contributed by atoms with Gasteiger partial charge in [0, 0.05) is 0 Å². The van der Waals surface area contributed by atoms with Gasteiger partial charge in [-0.05, 0) is 18.6 Å². The average Bonchev–Trinajstić information content (AvgIpc) is 2.66. The highest BCUT2D eigenvalue weighted by Crippen LogP contribution is 2.14. The van der Waals surface area contributed by atoms with Crippen molar-refractivity contribution in [2.75, 3.05) is 6.61 Å². The normalized spacial score (nSPS) is 11.2. The summed E-state index contributed by atoms with van der Waals surface area (Å²) in [4.78, 5) is 0.240. The van der Waals surface area contributed by atoms with Gasteiger partial charge in [0.2, 0.25) is 0 Å². The van der Waals surface area contributed by atoms with E-state index >= 15 is 0 Å². The molecule has 28 heavy (non-hydrogen) atoms. The predicted molar refractivity (Wildman–Crippen MR) is 114 cm³/mol. The second-order valence-corrected chi connectivity index (χ2v) is 8.81. The summed E-state index contributed by atoms with van der Waals surface area (Å²) >= 11 is 0. The third-order valence-corrected chi connectivity index (χ3v) is 5.59. The van der Waals surface area contributed by atoms with Gasteiger partial charge in [0.1, 0.15) is 0 Å². The number of hydrogen-bond donors (Lipinski definition) is 2. The Labute approximate surface area is 172 Å². The molecule has 0 saturated carbocycles. The molecule has 0 spiro atoms. The van der Waals surface area contributed by atoms with Gasteiger partial charge in [-0.1, -0.05) is 95.8 Å². The molecular weight excluding hydrogens is 400 g/mol. The highest BCUT2D eigenvalue weighted by molar-refractivity contribution is 7.86. The van der Waals surface area contributed by atoms with Crippen LogP contribution in [0.1, 0.15) is 84.0 Å². The van der Waals surface area contributed by atoms with Crippen molar-refractivity contribution in [1.29, 1.82) is 0 Å². The van der Waals surface area contributed by atoms with Crippen LogP contribution >= 0.6 is 0 Å². The first-order valence-electron chi connectivity index (χ1n) is 10.2. The molecule has 0 atom stereocenters. The fourth-order valence-corrected chi connectivity index (χ4v) is 3.73. The molecule has 0 bridgehead atoms. The van der Waals surface area contributed by atoms with Gasteiger partial charge >= 0.3 is 0 Å². The molecule has 1 rings (SSSR count). The quantitative estimate of drug-likeness (QED) is 0.170. The average molecular weight is 437 g/mol. The van der Waals surface area contributed by atoms with E-state index in [0.717, 1.165) is 12.8 Å². The lowest BCUT2D eigenvalue weighted by Crippen LogP contribution is -2.07. The summed E-state index contributed by atoms with van der Waals surface area (Å²) in [5.74, 6) is 0. The zero-order valence-corrected chi connectivity index (χ0v) is 18.6. The van der Waals surface area contributed by atoms with Gasteiger partial charge in [-0.3, -0.25) is 8.74 Å². The van der Waals surface area contributed by atoms with E-state index in [-0.39, 0.29) is 11.5 Å². The largest absolute Gasteiger partial charge is 0.296 e. The topological polar surface area (TPSA) is 97.7 Å². The fourth-order valence-electron chi connectivity index (χ4n) is 2.77. The van der Waals surface area contributed by atoms with Gasteiger partial charge in [-0.15, -0.1) is 0 Å². The first kappa shape index (κ1) is 27.0. The van der Waals surface area contributed by atoms with Crippen LogP contribution in [0.5, 0.6) is 0 Å². The maximum Gasteiger partial charge on any atom is 0.296 e. The third kappa shape index (κ3) is 17.2. The van der Waals surface area contributed by atoms with E-state index in [9.17, 15) is 8.42 Å². The van der Waals surface area contributed by atoms with Gasteiger partial charge in [0.15, 0.2) is 0 Å². The molecule has 6 nitrogen and oxygen atoms in total. The Morgan fingerprint density at radius 3 is 1.61 bits per heavy atom. The van der Waals surface area contributed by atoms with Crippen LogP contribution in [0.2, 0.25) is 0 Å². The number of unbranched alkanes of at least 4 members (excludes halogenated alkanes) is 11. The van der Waals surface area contributed by atoms with Crippen molar-refractivity contribution in [2.24, 2.45) is 0 Å². The van der Waals surface area contributed by atoms with Crippen LogP contribution in [0.3, 0.4) is 0 Å². The van der Waals surface area contributed by atoms with Crippen LogP contribution in [0.15, 0.2) is 35.2 Å². The predicted octanol–water partition coefficient (Wildman–Crippen LogP) is 5.16. The third-order valence-electron chi connectivity index (χ3n) is 4.27. The van der Waals surface area contributed by atoms with E-state index in [1.54, 1.807) is 30.3 Å². The zero-order chi connectivity index (χ0) is 21.1. The van der Waals surface area contributed by atoms with Crippen LogP contribution in [0, 0.1) is 0 Å². The van der Waals surface area contributed by atoms with Crippen molar-refractivity contribution < 1.29 is 25.6 Å². The first-order chi connectivity index (χ1) is 13.4. The molecule has 0 unspecified atom stereocenters. The summed E-state index contributed by atoms with van der Waals surface area (Å²) < 4.78 is 53.1. The molecule has 0 aliphatic carbocycles. The second-order valence-electron chi connectivity index (χ2n) is 6.72. The molecule has 8 heteroatoms. The summed E-state index contributed by atoms with van der Waals surface area (Å²) in [6.07, 6.45) is 15.1. The van der Waals surface area contributed by atoms with Gasteiger partial charge < -0.3 is 0 Å². The van der Waals surface area contributed by atoms with E-state index in [1.165, 1.54) is 64.2 Å². The Hall–Kier alpha value is -0.960. The van der Waals surface area contributed by atoms with Gasteiger partial charge in [0.05, 0.1) is 11.5 Å². The van der Waals surface area contributed by atoms with Crippen LogP contribution in [-0.2, 0) is 25.3 Å². The molecule has 0 radical (unpaired) electrons. The number of thiol groups is 1. The molecule has 0 saturated heterocycles. The smallest absolute Gasteiger partial charge is 0.288 e. The molecule has 164 valence electrons. The Kier molecular flexibility index (Phi) is 17.5. The van der Waals surface area contributed by atoms with Crippen LogP contribution in [0.4, 0.5) is 0 Å². The van der Waals surface area contributed by atoms with E-state index in [4.69, 9.17) is 17.2 Å². The monoisotopic (exact) mass is 436 g/mol. The fraction of sp³-hybridized carbons (Fsp3) is 0.700. The molecule has 1 N–H and O–H groups in total. The van der Waals surface area contributed by atoms with Crippen molar-refractivity contribution in [1.82, 2.24) is 0 Å². The minimum atomic E-state index is -3.57. The molecule has 0 fully saturated rings. The summed E-state index contributed by atoms with van der Waals surface area (Å²) in [5, 5.41) is 0. The highest BCUT2D eigenvalue weighted by Gasteiger charge is 2.13. The van der Waals surface area contributed by atoms with E-state index in [0.29, 0.717) is 0 Å². The standard InChI is InChI=1S/C20H34O3S.H2O3S/c1-2-3-4-5-6-7-8-9-10-11-12-16-19-23-24(21,22)20-17-14-13-15-18-20;1-4(2)3/h13-15,17-18H,2-12,16,19H2,1H3;4H,(H,1,2,3). The molecular formula is C20H36O6S2. The Balaban J connectivity index is 0.00000165. The van der Waals surface area contributed by atoms with Crippen molar-refractivity contribution in [2.45, 2.75) is 88.9 Å². The van der Waals surface area contributed by atoms with Crippen molar-refractivity contribution in [3.63, 3.8) is 0 Å². The minimum absolute atomic E-state index is 0.240. The maximum atomic E-state index is 11.9. The summed E-state index contributed by atoms with van der Waals surface area (Å²) in [7, 11) is -6.70. The van der Waals surface area contributed by atoms with Crippen molar-refractivity contribution in [3.05, 3.63) is 30.3 Å². The van der Waals surface area contributed by atoms with Crippen LogP contribution < -0.4 is 0 Å². The van der Waals surface area contributed by atoms with Crippen LogP contribution in [-0.4, -0.2) is 28.0 Å². The molecule has 0 heterocycles. The summed E-state index contributed by atoms with van der Waals surface area (Å²) in [6.45, 7) is 2.54. The van der Waals surface area contributed by atoms with Crippen molar-refractivity contribution >= 4 is 21.1 Å². The lowest BCUT2D eigenvalue weighted by Gasteiger charge is -2.05. The van der Waals surface area contributed by atoms with E-state index in [1.807, 2.05) is 0 Å². The maximum absolute atomic E-state index is 11.9. The number of benzene rings is 1. The van der Waals surface area contributed by atoms with Gasteiger partial charge in [-0.2, -0.15) is 8.42 Å². The first-order valence-corrected chi connectivity index (χ1v) is 12.7. The zero-order valence-electron chi connectivity index (χ0n) is 16.9. The van der Waals surface area contributed by atoms with Crippen LogP contribution in [0.25, 0.3) is 0 Å². The van der Waals surface area contributed by atoms with Gasteiger partial charge in [0.25, 0.3) is 21.1 Å². The number of hydrogen-bond acceptors (Lipinski definition) is 5. The summed E-state index contributed by atoms with van der Waals surface area (Å²) in [6, 6.07) is 8.35. The molecule has 0 aliphatic rings. The van der Waals surface area contributed by atoms with E-state index < -0.39 is 21.1 Å². The summed E-state index contributed by atoms with van der Waals surface area (Å²) in [5.41, 5.74) is 0. The molecule has 1 aromatic carbocycles. The Morgan fingerprint density at radius 1 is 0.786 bits per heavy atom. The second kappa shape index (κ2) is 18.1. The lowest BCUT2D eigenvalue weighted by molar-refractivity contribution is 0.306. The highest BCUT2D eigenvalue weighted by atomic mass is 32.2. The van der Waals surface area contributed by atoms with Crippen molar-refractivity contribution in [3.8, 4) is 0 Å². The molecule has 0 amide bonds. The molecule has 0 aliphatic heterocycles. The molecule has 1 aromatic rings. The SMILES string of the molecule is CCCCCCCCCCCCCCOS(=O)(=O)c1ccccc1.O=[SH](=O)O. The molecule has 0 aromatic heterocycles. The Morgan fingerprint density at radius 2 is 1.18 bits per heavy atom. The Bertz CT molecular complexity index is 634.